The van der Waals surface area contributed by atoms with Crippen LogP contribution in [0, 0.1) is 13.8 Å². The molecule has 0 radical (unpaired) electrons. The number of hydrogen-bond acceptors (Lipinski definition) is 3. The quantitative estimate of drug-likeness (QED) is 0.173. The fourth-order valence-corrected chi connectivity index (χ4v) is 8.31. The smallest absolute Gasteiger partial charge is 0.149 e. The maximum absolute atomic E-state index is 12.2. The Bertz CT molecular complexity index is 3890. The lowest BCUT2D eigenvalue weighted by Crippen LogP contribution is -2.12. The number of aromatic nitrogens is 3. The van der Waals surface area contributed by atoms with Crippen molar-refractivity contribution < 1.29 is 27.0 Å². The first-order valence-corrected chi connectivity index (χ1v) is 21.9. The number of phenolic OH excluding ortho intramolecular Hbond substituents is 1. The standard InChI is InChI=1S/C62H61N3O/c1-39-20-22-41(23-21-39)44-26-29-55(52(36-44)43-16-13-12-14-17-43)65-56-19-15-18-51(57(56)64-59(65)53-38-49(61(6,7)8)32-40(2)58(53)66)46-33-47(35-50(34-46)62(9,10)11)54-37-45(30-31-63-54)42-24-27-48(28-25-42)60(3,4)5/h12-38,66H,1-11H3/i1D3,3D3,4D3,5D3,24D,25D,27D,28D. The van der Waals surface area contributed by atoms with E-state index in [1.54, 1.807) is 30.3 Å². The van der Waals surface area contributed by atoms with E-state index in [0.717, 1.165) is 44.6 Å². The number of pyridine rings is 1. The molecule has 4 heteroatoms. The third kappa shape index (κ3) is 8.61. The Morgan fingerprint density at radius 3 is 1.91 bits per heavy atom. The van der Waals surface area contributed by atoms with Crippen LogP contribution < -0.4 is 0 Å². The van der Waals surface area contributed by atoms with Gasteiger partial charge in [0, 0.05) is 39.3 Å². The Morgan fingerprint density at radius 2 is 1.21 bits per heavy atom. The van der Waals surface area contributed by atoms with Crippen molar-refractivity contribution in [2.24, 2.45) is 0 Å². The largest absolute Gasteiger partial charge is 0.507 e. The van der Waals surface area contributed by atoms with Gasteiger partial charge in [-0.3, -0.25) is 9.55 Å². The molecule has 0 bridgehead atoms. The van der Waals surface area contributed by atoms with Gasteiger partial charge in [-0.05, 0) is 134 Å². The minimum Gasteiger partial charge on any atom is -0.507 e. The summed E-state index contributed by atoms with van der Waals surface area (Å²) in [6.45, 7) is 0.613. The summed E-state index contributed by atoms with van der Waals surface area (Å²) in [7, 11) is 0. The van der Waals surface area contributed by atoms with Crippen LogP contribution in [0.2, 0.25) is 0 Å². The van der Waals surface area contributed by atoms with E-state index in [9.17, 15) is 5.11 Å². The van der Waals surface area contributed by atoms with Crippen molar-refractivity contribution in [1.82, 2.24) is 14.5 Å². The molecule has 9 aromatic rings. The predicted molar refractivity (Wildman–Crippen MR) is 279 cm³/mol. The number of aryl methyl sites for hydroxylation is 2. The van der Waals surface area contributed by atoms with Crippen molar-refractivity contribution in [1.29, 1.82) is 0 Å². The third-order valence-corrected chi connectivity index (χ3v) is 12.1. The van der Waals surface area contributed by atoms with E-state index in [4.69, 9.17) is 31.9 Å². The Hall–Kier alpha value is -7.04. The molecular weight excluding hydrogens is 803 g/mol. The van der Waals surface area contributed by atoms with Crippen LogP contribution in [0.3, 0.4) is 0 Å². The highest BCUT2D eigenvalue weighted by atomic mass is 16.3. The molecule has 9 rings (SSSR count). The monoisotopic (exact) mass is 880 g/mol. The van der Waals surface area contributed by atoms with E-state index in [1.807, 2.05) is 91.9 Å². The fourth-order valence-electron chi connectivity index (χ4n) is 8.31. The molecule has 0 amide bonds. The van der Waals surface area contributed by atoms with Crippen LogP contribution in [0.1, 0.15) is 112 Å². The van der Waals surface area contributed by atoms with Crippen LogP contribution in [0.4, 0.5) is 0 Å². The van der Waals surface area contributed by atoms with Crippen molar-refractivity contribution >= 4 is 11.0 Å². The fraction of sp³-hybridized carbons (Fsp3) is 0.226. The normalized spacial score (nSPS) is 16.5. The molecule has 0 saturated carbocycles. The molecule has 2 aromatic heterocycles. The van der Waals surface area contributed by atoms with Crippen LogP contribution in [0.15, 0.2) is 164 Å². The summed E-state index contributed by atoms with van der Waals surface area (Å²) in [6.07, 6.45) is 1.42. The van der Waals surface area contributed by atoms with Crippen molar-refractivity contribution in [2.45, 2.75) is 92.1 Å². The van der Waals surface area contributed by atoms with Gasteiger partial charge in [0.1, 0.15) is 11.6 Å². The number of benzene rings is 7. The first-order valence-electron chi connectivity index (χ1n) is 29.9. The highest BCUT2D eigenvalue weighted by Gasteiger charge is 2.26. The lowest BCUT2D eigenvalue weighted by molar-refractivity contribution is 0.471. The number of para-hydroxylation sites is 1. The Morgan fingerprint density at radius 1 is 0.530 bits per heavy atom. The maximum atomic E-state index is 12.2. The Balaban J connectivity index is 1.29. The van der Waals surface area contributed by atoms with Gasteiger partial charge in [0.05, 0.1) is 33.5 Å². The zero-order chi connectivity index (χ0) is 60.2. The van der Waals surface area contributed by atoms with Gasteiger partial charge in [-0.25, -0.2) is 4.98 Å². The Labute approximate surface area is 414 Å². The summed E-state index contributed by atoms with van der Waals surface area (Å²) in [6, 6.07) is 37.7. The number of fused-ring (bicyclic) bond motifs is 1. The minimum absolute atomic E-state index is 0.0591. The number of hydrogen-bond donors (Lipinski definition) is 1. The number of imidazole rings is 1. The van der Waals surface area contributed by atoms with Crippen molar-refractivity contribution in [3.05, 3.63) is 192 Å². The first kappa shape index (κ1) is 28.8. The average molecular weight is 880 g/mol. The molecule has 330 valence electrons. The predicted octanol–water partition coefficient (Wildman–Crippen LogP) is 16.6. The SMILES string of the molecule is [2H]c1c([2H])c(C(C([2H])([2H])[2H])(C([2H])([2H])[2H])C([2H])([2H])[2H])c([2H])c([2H])c1-c1ccnc(-c2cc(-c3cccc4c3nc(-c3cc(C(C)(C)C)cc(C)c3O)n4-c3ccc(-c4ccc(C([2H])([2H])[2H])cc4)cc3-c3ccccc3)cc(C(C)(C)C)c2)c1. The molecule has 0 spiro atoms. The molecule has 0 aliphatic rings. The molecule has 0 aliphatic carbocycles. The van der Waals surface area contributed by atoms with Crippen molar-refractivity contribution in [3.8, 4) is 78.6 Å². The summed E-state index contributed by atoms with van der Waals surface area (Å²) < 4.78 is 137. The van der Waals surface area contributed by atoms with Gasteiger partial charge in [0.2, 0.25) is 0 Å². The van der Waals surface area contributed by atoms with Gasteiger partial charge in [0.15, 0.2) is 0 Å². The van der Waals surface area contributed by atoms with E-state index >= 15 is 0 Å². The van der Waals surface area contributed by atoms with E-state index in [-0.39, 0.29) is 27.9 Å². The molecule has 0 saturated heterocycles. The van der Waals surface area contributed by atoms with Gasteiger partial charge in [-0.15, -0.1) is 0 Å². The maximum Gasteiger partial charge on any atom is 0.149 e. The summed E-state index contributed by atoms with van der Waals surface area (Å²) in [5.74, 6) is 0.520. The number of phenols is 1. The second-order valence-corrected chi connectivity index (χ2v) is 19.0. The summed E-state index contributed by atoms with van der Waals surface area (Å²) in [5.41, 5.74) is 5.03. The second-order valence-electron chi connectivity index (χ2n) is 19.0. The average Bonchev–Trinajstić information content (AvgIpc) is 3.17. The van der Waals surface area contributed by atoms with Crippen molar-refractivity contribution in [3.63, 3.8) is 0 Å². The lowest BCUT2D eigenvalue weighted by Gasteiger charge is -2.22. The van der Waals surface area contributed by atoms with E-state index in [0.29, 0.717) is 44.8 Å². The third-order valence-electron chi connectivity index (χ3n) is 12.1. The van der Waals surface area contributed by atoms with Crippen LogP contribution >= 0.6 is 0 Å². The molecular formula is C62H61N3O. The summed E-state index contributed by atoms with van der Waals surface area (Å²) in [5, 5.41) is 12.2. The molecule has 2 heterocycles. The molecule has 4 nitrogen and oxygen atoms in total. The van der Waals surface area contributed by atoms with Crippen LogP contribution in [0.5, 0.6) is 5.75 Å². The van der Waals surface area contributed by atoms with Crippen LogP contribution in [0.25, 0.3) is 83.9 Å². The molecule has 0 aliphatic heterocycles. The topological polar surface area (TPSA) is 50.9 Å². The van der Waals surface area contributed by atoms with Gasteiger partial charge in [0.25, 0.3) is 0 Å². The van der Waals surface area contributed by atoms with E-state index in [2.05, 4.69) is 58.2 Å². The molecule has 0 fully saturated rings. The Kier molecular flexibility index (Phi) is 7.30. The minimum atomic E-state index is -3.83. The van der Waals surface area contributed by atoms with Gasteiger partial charge >= 0.3 is 0 Å². The van der Waals surface area contributed by atoms with Gasteiger partial charge in [-0.1, -0.05) is 177 Å². The highest BCUT2D eigenvalue weighted by Crippen LogP contribution is 2.44. The lowest BCUT2D eigenvalue weighted by atomic mass is 9.83. The zero-order valence-corrected chi connectivity index (χ0v) is 38.1. The second kappa shape index (κ2) is 16.7. The summed E-state index contributed by atoms with van der Waals surface area (Å²) in [4.78, 5) is 10.2. The van der Waals surface area contributed by atoms with Crippen LogP contribution in [-0.4, -0.2) is 19.6 Å². The molecule has 7 aromatic carbocycles. The van der Waals surface area contributed by atoms with Gasteiger partial charge < -0.3 is 5.11 Å². The highest BCUT2D eigenvalue weighted by molar-refractivity contribution is 5.98. The molecule has 0 atom stereocenters. The van der Waals surface area contributed by atoms with Crippen molar-refractivity contribution in [2.75, 3.05) is 0 Å². The summed E-state index contributed by atoms with van der Waals surface area (Å²) >= 11 is 0. The number of rotatable bonds is 7. The zero-order valence-electron chi connectivity index (χ0n) is 54.1. The van der Waals surface area contributed by atoms with Gasteiger partial charge in [-0.2, -0.15) is 0 Å². The number of aromatic hydroxyl groups is 1. The van der Waals surface area contributed by atoms with E-state index in [1.165, 1.54) is 12.3 Å². The number of nitrogens with zero attached hydrogens (tertiary/aromatic N) is 3. The molecule has 1 N–H and O–H groups in total. The molecule has 66 heavy (non-hydrogen) atoms. The van der Waals surface area contributed by atoms with E-state index < -0.39 is 68.0 Å². The molecule has 0 unspecified atom stereocenters. The van der Waals surface area contributed by atoms with Crippen LogP contribution in [-0.2, 0) is 16.2 Å². The first-order chi connectivity index (χ1) is 38.0.